The minimum Gasteiger partial charge on any atom is -0.444 e. The first kappa shape index (κ1) is 19.9. The number of rotatable bonds is 3. The Balaban J connectivity index is 1.60. The fourth-order valence-electron chi connectivity index (χ4n) is 2.89. The van der Waals surface area contributed by atoms with Gasteiger partial charge in [-0.25, -0.2) is 14.8 Å². The molecule has 1 aromatic heterocycles. The van der Waals surface area contributed by atoms with Crippen molar-refractivity contribution in [3.05, 3.63) is 53.4 Å². The summed E-state index contributed by atoms with van der Waals surface area (Å²) in [6.07, 6.45) is 7.06. The lowest BCUT2D eigenvalue weighted by molar-refractivity contribution is 0.0237. The van der Waals surface area contributed by atoms with Crippen molar-refractivity contribution >= 4 is 12.2 Å². The first-order chi connectivity index (χ1) is 13.3. The van der Waals surface area contributed by atoms with Crippen LogP contribution >= 0.6 is 0 Å². The molecule has 0 N–H and O–H groups in total. The Morgan fingerprint density at radius 2 is 1.82 bits per heavy atom. The van der Waals surface area contributed by atoms with E-state index in [9.17, 15) is 4.79 Å². The molecule has 28 heavy (non-hydrogen) atoms. The molecule has 0 spiro atoms. The summed E-state index contributed by atoms with van der Waals surface area (Å²) < 4.78 is 11.2. The SMILES string of the molecule is Cc1cnc(Oc2cccc(C=C3CCN(C(=O)OC(C)(C)C)CC3)c2)nc1. The second-order valence-electron chi connectivity index (χ2n) is 7.99. The van der Waals surface area contributed by atoms with E-state index < -0.39 is 5.60 Å². The van der Waals surface area contributed by atoms with E-state index in [1.165, 1.54) is 5.57 Å². The molecule has 1 aliphatic rings. The first-order valence-electron chi connectivity index (χ1n) is 9.52. The first-order valence-corrected chi connectivity index (χ1v) is 9.52. The lowest BCUT2D eigenvalue weighted by Gasteiger charge is -2.31. The van der Waals surface area contributed by atoms with Gasteiger partial charge in [-0.2, -0.15) is 0 Å². The highest BCUT2D eigenvalue weighted by atomic mass is 16.6. The maximum absolute atomic E-state index is 12.2. The van der Waals surface area contributed by atoms with Crippen LogP contribution in [0.3, 0.4) is 0 Å². The Morgan fingerprint density at radius 1 is 1.14 bits per heavy atom. The van der Waals surface area contributed by atoms with E-state index in [0.29, 0.717) is 24.8 Å². The summed E-state index contributed by atoms with van der Waals surface area (Å²) in [5.41, 5.74) is 2.90. The molecule has 3 rings (SSSR count). The van der Waals surface area contributed by atoms with Crippen LogP contribution in [0.15, 0.2) is 42.2 Å². The summed E-state index contributed by atoms with van der Waals surface area (Å²) in [6, 6.07) is 8.18. The average molecular weight is 381 g/mol. The van der Waals surface area contributed by atoms with Crippen molar-refractivity contribution in [3.63, 3.8) is 0 Å². The van der Waals surface area contributed by atoms with Gasteiger partial charge in [-0.3, -0.25) is 0 Å². The number of nitrogens with zero attached hydrogens (tertiary/aromatic N) is 3. The van der Waals surface area contributed by atoms with Gasteiger partial charge in [0.15, 0.2) is 0 Å². The lowest BCUT2D eigenvalue weighted by atomic mass is 10.0. The van der Waals surface area contributed by atoms with Gasteiger partial charge >= 0.3 is 12.1 Å². The van der Waals surface area contributed by atoms with Gasteiger partial charge < -0.3 is 14.4 Å². The summed E-state index contributed by atoms with van der Waals surface area (Å²) >= 11 is 0. The molecule has 2 heterocycles. The fourth-order valence-corrected chi connectivity index (χ4v) is 2.89. The Morgan fingerprint density at radius 3 is 2.46 bits per heavy atom. The molecule has 0 atom stereocenters. The number of aromatic nitrogens is 2. The minimum absolute atomic E-state index is 0.236. The molecular formula is C22H27N3O3. The Labute approximate surface area is 166 Å². The molecule has 0 aliphatic carbocycles. The minimum atomic E-state index is -0.463. The summed E-state index contributed by atoms with van der Waals surface area (Å²) in [7, 11) is 0. The monoisotopic (exact) mass is 381 g/mol. The Hall–Kier alpha value is -2.89. The van der Waals surface area contributed by atoms with Crippen LogP contribution in [0.25, 0.3) is 6.08 Å². The molecule has 1 aromatic carbocycles. The van der Waals surface area contributed by atoms with Crippen molar-refractivity contribution in [2.24, 2.45) is 0 Å². The quantitative estimate of drug-likeness (QED) is 0.749. The maximum atomic E-state index is 12.2. The maximum Gasteiger partial charge on any atom is 0.410 e. The van der Waals surface area contributed by atoms with Crippen LogP contribution in [0, 0.1) is 6.92 Å². The van der Waals surface area contributed by atoms with Gasteiger partial charge in [0.2, 0.25) is 0 Å². The fraction of sp³-hybridized carbons (Fsp3) is 0.409. The molecule has 1 amide bonds. The number of hydrogen-bond acceptors (Lipinski definition) is 5. The van der Waals surface area contributed by atoms with Gasteiger partial charge in [-0.15, -0.1) is 0 Å². The van der Waals surface area contributed by atoms with E-state index in [0.717, 1.165) is 24.0 Å². The van der Waals surface area contributed by atoms with Crippen LogP contribution in [-0.4, -0.2) is 39.7 Å². The molecular weight excluding hydrogens is 354 g/mol. The molecule has 0 bridgehead atoms. The number of carbonyl (C=O) groups is 1. The summed E-state index contributed by atoms with van der Waals surface area (Å²) in [6.45, 7) is 8.94. The number of benzene rings is 1. The molecule has 2 aromatic rings. The van der Waals surface area contributed by atoms with Gasteiger partial charge in [-0.05, 0) is 63.8 Å². The smallest absolute Gasteiger partial charge is 0.410 e. The van der Waals surface area contributed by atoms with Gasteiger partial charge in [0.25, 0.3) is 0 Å². The van der Waals surface area contributed by atoms with Crippen molar-refractivity contribution < 1.29 is 14.3 Å². The number of aryl methyl sites for hydroxylation is 1. The summed E-state index contributed by atoms with van der Waals surface area (Å²) in [5.74, 6) is 0.699. The second kappa shape index (κ2) is 8.42. The van der Waals surface area contributed by atoms with Crippen LogP contribution in [0.2, 0.25) is 0 Å². The number of amides is 1. The van der Waals surface area contributed by atoms with Crippen molar-refractivity contribution in [1.82, 2.24) is 14.9 Å². The molecule has 0 radical (unpaired) electrons. The zero-order valence-electron chi connectivity index (χ0n) is 16.9. The largest absolute Gasteiger partial charge is 0.444 e. The number of carbonyl (C=O) groups excluding carboxylic acids is 1. The molecule has 1 saturated heterocycles. The lowest BCUT2D eigenvalue weighted by Crippen LogP contribution is -2.40. The number of ether oxygens (including phenoxy) is 2. The average Bonchev–Trinajstić information content (AvgIpc) is 2.63. The standard InChI is InChI=1S/C22H27N3O3/c1-16-14-23-20(24-15-16)27-19-7-5-6-18(13-19)12-17-8-10-25(11-9-17)21(26)28-22(2,3)4/h5-7,12-15H,8-11H2,1-4H3. The molecule has 1 aliphatic heterocycles. The topological polar surface area (TPSA) is 64.5 Å². The van der Waals surface area contributed by atoms with Crippen molar-refractivity contribution in [2.75, 3.05) is 13.1 Å². The Bertz CT molecular complexity index is 844. The zero-order chi connectivity index (χ0) is 20.1. The molecule has 148 valence electrons. The van der Waals surface area contributed by atoms with Gasteiger partial charge in [-0.1, -0.05) is 23.8 Å². The highest BCUT2D eigenvalue weighted by Gasteiger charge is 2.24. The van der Waals surface area contributed by atoms with E-state index in [1.54, 1.807) is 17.3 Å². The van der Waals surface area contributed by atoms with Gasteiger partial charge in [0.05, 0.1) is 0 Å². The third-order valence-electron chi connectivity index (χ3n) is 4.25. The van der Waals surface area contributed by atoms with Crippen molar-refractivity contribution in [2.45, 2.75) is 46.1 Å². The van der Waals surface area contributed by atoms with E-state index in [1.807, 2.05) is 52.0 Å². The van der Waals surface area contributed by atoms with Crippen LogP contribution < -0.4 is 4.74 Å². The van der Waals surface area contributed by atoms with Gasteiger partial charge in [0, 0.05) is 25.5 Å². The van der Waals surface area contributed by atoms with Crippen molar-refractivity contribution in [1.29, 1.82) is 0 Å². The molecule has 0 saturated carbocycles. The van der Waals surface area contributed by atoms with E-state index in [2.05, 4.69) is 16.0 Å². The number of piperidine rings is 1. The third kappa shape index (κ3) is 5.81. The van der Waals surface area contributed by atoms with Crippen LogP contribution in [0.5, 0.6) is 11.8 Å². The number of hydrogen-bond donors (Lipinski definition) is 0. The molecule has 1 fully saturated rings. The third-order valence-corrected chi connectivity index (χ3v) is 4.25. The van der Waals surface area contributed by atoms with Crippen LogP contribution in [-0.2, 0) is 4.74 Å². The van der Waals surface area contributed by atoms with Gasteiger partial charge in [0.1, 0.15) is 11.4 Å². The Kier molecular flexibility index (Phi) is 5.97. The number of likely N-dealkylation sites (tertiary alicyclic amines) is 1. The molecule has 0 unspecified atom stereocenters. The highest BCUT2D eigenvalue weighted by molar-refractivity contribution is 5.68. The zero-order valence-corrected chi connectivity index (χ0v) is 16.9. The van der Waals surface area contributed by atoms with E-state index in [-0.39, 0.29) is 6.09 Å². The normalized spacial score (nSPS) is 14.6. The summed E-state index contributed by atoms with van der Waals surface area (Å²) in [5, 5.41) is 0. The van der Waals surface area contributed by atoms with Crippen molar-refractivity contribution in [3.8, 4) is 11.8 Å². The molecule has 6 heteroatoms. The second-order valence-corrected chi connectivity index (χ2v) is 7.99. The highest BCUT2D eigenvalue weighted by Crippen LogP contribution is 2.24. The van der Waals surface area contributed by atoms with Crippen LogP contribution in [0.1, 0.15) is 44.7 Å². The summed E-state index contributed by atoms with van der Waals surface area (Å²) in [4.78, 5) is 22.3. The predicted octanol–water partition coefficient (Wildman–Crippen LogP) is 4.99. The predicted molar refractivity (Wildman–Crippen MR) is 108 cm³/mol. The van der Waals surface area contributed by atoms with E-state index >= 15 is 0 Å². The van der Waals surface area contributed by atoms with Crippen LogP contribution in [0.4, 0.5) is 4.79 Å². The molecule has 6 nitrogen and oxygen atoms in total. The van der Waals surface area contributed by atoms with E-state index in [4.69, 9.17) is 9.47 Å².